The Balaban J connectivity index is 2.18. The third-order valence-electron chi connectivity index (χ3n) is 3.15. The molecule has 110 valence electrons. The lowest BCUT2D eigenvalue weighted by atomic mass is 10.0. The largest absolute Gasteiger partial charge is 0.507 e. The van der Waals surface area contributed by atoms with Gasteiger partial charge < -0.3 is 5.11 Å². The number of aryl methyl sites for hydroxylation is 2. The number of halogens is 1. The summed E-state index contributed by atoms with van der Waals surface area (Å²) in [4.78, 5) is 12.8. The van der Waals surface area contributed by atoms with Crippen molar-refractivity contribution in [2.75, 3.05) is 5.75 Å². The van der Waals surface area contributed by atoms with Crippen molar-refractivity contribution in [1.29, 1.82) is 0 Å². The second kappa shape index (κ2) is 6.41. The van der Waals surface area contributed by atoms with Crippen LogP contribution in [0.15, 0.2) is 41.3 Å². The zero-order valence-corrected chi connectivity index (χ0v) is 13.3. The van der Waals surface area contributed by atoms with Crippen molar-refractivity contribution < 1.29 is 14.1 Å². The predicted molar refractivity (Wildman–Crippen MR) is 84.6 cm³/mol. The van der Waals surface area contributed by atoms with E-state index in [1.54, 1.807) is 50.2 Å². The molecule has 21 heavy (non-hydrogen) atoms. The molecule has 0 aliphatic heterocycles. The standard InChI is InChI=1S/C16H15ClO3S/c1-10-7-12(8-11(2)16(10)19)15(18)9-21(20)14-5-3-13(17)4-6-14/h3-8,19H,9H2,1-2H3/t21-/m1/s1. The molecule has 1 atom stereocenters. The highest BCUT2D eigenvalue weighted by atomic mass is 35.5. The minimum absolute atomic E-state index is 0.0920. The highest BCUT2D eigenvalue weighted by Gasteiger charge is 2.14. The van der Waals surface area contributed by atoms with Crippen LogP contribution in [0.3, 0.4) is 0 Å². The SMILES string of the molecule is Cc1cc(C(=O)C[S@@](=O)c2ccc(Cl)cc2)cc(C)c1O. The number of carbonyl (C=O) groups excluding carboxylic acids is 1. The molecule has 0 spiro atoms. The Morgan fingerprint density at radius 3 is 2.19 bits per heavy atom. The van der Waals surface area contributed by atoms with Crippen molar-refractivity contribution in [2.24, 2.45) is 0 Å². The molecule has 2 aromatic carbocycles. The number of rotatable bonds is 4. The first-order chi connectivity index (χ1) is 9.88. The van der Waals surface area contributed by atoms with Crippen LogP contribution in [0.25, 0.3) is 0 Å². The van der Waals surface area contributed by atoms with Gasteiger partial charge in [0.2, 0.25) is 0 Å². The van der Waals surface area contributed by atoms with Crippen molar-refractivity contribution in [2.45, 2.75) is 18.7 Å². The summed E-state index contributed by atoms with van der Waals surface area (Å²) < 4.78 is 12.2. The van der Waals surface area contributed by atoms with Crippen LogP contribution in [-0.4, -0.2) is 20.9 Å². The number of ketones is 1. The van der Waals surface area contributed by atoms with Gasteiger partial charge in [-0.1, -0.05) is 11.6 Å². The average Bonchev–Trinajstić information content (AvgIpc) is 2.44. The van der Waals surface area contributed by atoms with E-state index in [-0.39, 0.29) is 17.3 Å². The maximum absolute atomic E-state index is 12.2. The van der Waals surface area contributed by atoms with E-state index in [0.29, 0.717) is 26.6 Å². The summed E-state index contributed by atoms with van der Waals surface area (Å²) in [6, 6.07) is 9.83. The molecule has 0 fully saturated rings. The van der Waals surface area contributed by atoms with E-state index in [1.807, 2.05) is 0 Å². The molecule has 0 aliphatic carbocycles. The topological polar surface area (TPSA) is 54.4 Å². The molecule has 0 aliphatic rings. The number of Topliss-reactive ketones (excluding diaryl/α,β-unsaturated/α-hetero) is 1. The quantitative estimate of drug-likeness (QED) is 0.874. The molecule has 0 amide bonds. The Bertz CT molecular complexity index is 685. The van der Waals surface area contributed by atoms with Crippen LogP contribution in [0, 0.1) is 13.8 Å². The van der Waals surface area contributed by atoms with E-state index in [9.17, 15) is 14.1 Å². The average molecular weight is 323 g/mol. The van der Waals surface area contributed by atoms with Crippen LogP contribution < -0.4 is 0 Å². The third kappa shape index (κ3) is 3.71. The van der Waals surface area contributed by atoms with E-state index >= 15 is 0 Å². The molecule has 2 aromatic rings. The number of benzene rings is 2. The molecule has 0 radical (unpaired) electrons. The molecule has 0 aromatic heterocycles. The van der Waals surface area contributed by atoms with Gasteiger partial charge in [0.1, 0.15) is 5.75 Å². The van der Waals surface area contributed by atoms with Crippen molar-refractivity contribution in [3.8, 4) is 5.75 Å². The molecule has 0 saturated carbocycles. The number of phenols is 1. The monoisotopic (exact) mass is 322 g/mol. The van der Waals surface area contributed by atoms with Crippen LogP contribution in [0.1, 0.15) is 21.5 Å². The first-order valence-corrected chi connectivity index (χ1v) is 8.05. The number of phenolic OH excluding ortho intramolecular Hbond substituents is 1. The van der Waals surface area contributed by atoms with Crippen LogP contribution >= 0.6 is 11.6 Å². The maximum Gasteiger partial charge on any atom is 0.175 e. The van der Waals surface area contributed by atoms with Crippen LogP contribution in [-0.2, 0) is 10.8 Å². The fourth-order valence-electron chi connectivity index (χ4n) is 1.99. The Morgan fingerprint density at radius 2 is 1.67 bits per heavy atom. The molecule has 5 heteroatoms. The van der Waals surface area contributed by atoms with Gasteiger partial charge in [-0.25, -0.2) is 0 Å². The molecule has 3 nitrogen and oxygen atoms in total. The maximum atomic E-state index is 12.2. The lowest BCUT2D eigenvalue weighted by Crippen LogP contribution is -2.11. The molecular weight excluding hydrogens is 308 g/mol. The summed E-state index contributed by atoms with van der Waals surface area (Å²) >= 11 is 5.78. The second-order valence-corrected chi connectivity index (χ2v) is 6.71. The van der Waals surface area contributed by atoms with Gasteiger partial charge in [-0.3, -0.25) is 9.00 Å². The van der Waals surface area contributed by atoms with E-state index in [0.717, 1.165) is 0 Å². The summed E-state index contributed by atoms with van der Waals surface area (Å²) in [5.41, 5.74) is 1.73. The van der Waals surface area contributed by atoms with Crippen molar-refractivity contribution in [3.63, 3.8) is 0 Å². The van der Waals surface area contributed by atoms with Gasteiger partial charge in [-0.2, -0.15) is 0 Å². The van der Waals surface area contributed by atoms with Crippen LogP contribution in [0.4, 0.5) is 0 Å². The molecule has 1 N–H and O–H groups in total. The number of aromatic hydroxyl groups is 1. The number of hydrogen-bond acceptors (Lipinski definition) is 3. The third-order valence-corrected chi connectivity index (χ3v) is 4.73. The first-order valence-electron chi connectivity index (χ1n) is 6.36. The van der Waals surface area contributed by atoms with E-state index < -0.39 is 10.8 Å². The summed E-state index contributed by atoms with van der Waals surface area (Å²) in [7, 11) is -1.41. The van der Waals surface area contributed by atoms with Gasteiger partial charge >= 0.3 is 0 Å². The van der Waals surface area contributed by atoms with E-state index in [1.165, 1.54) is 0 Å². The minimum atomic E-state index is -1.41. The van der Waals surface area contributed by atoms with Crippen molar-refractivity contribution in [1.82, 2.24) is 0 Å². The second-order valence-electron chi connectivity index (χ2n) is 4.83. The van der Waals surface area contributed by atoms with Gasteiger partial charge in [0, 0.05) is 15.5 Å². The van der Waals surface area contributed by atoms with E-state index in [4.69, 9.17) is 11.6 Å². The number of carbonyl (C=O) groups is 1. The van der Waals surface area contributed by atoms with E-state index in [2.05, 4.69) is 0 Å². The molecule has 0 heterocycles. The van der Waals surface area contributed by atoms with Gasteiger partial charge in [0.15, 0.2) is 5.78 Å². The summed E-state index contributed by atoms with van der Waals surface area (Å²) in [6.45, 7) is 3.46. The van der Waals surface area contributed by atoms with Crippen LogP contribution in [0.5, 0.6) is 5.75 Å². The molecule has 0 saturated heterocycles. The Kier molecular flexibility index (Phi) is 4.80. The van der Waals surface area contributed by atoms with Gasteiger partial charge in [0.05, 0.1) is 16.6 Å². The zero-order chi connectivity index (χ0) is 15.6. The first kappa shape index (κ1) is 15.7. The summed E-state index contributed by atoms with van der Waals surface area (Å²) in [5, 5.41) is 10.3. The molecule has 0 unspecified atom stereocenters. The lowest BCUT2D eigenvalue weighted by molar-refractivity contribution is 0.102. The van der Waals surface area contributed by atoms with Gasteiger partial charge in [0.25, 0.3) is 0 Å². The Morgan fingerprint density at radius 1 is 1.14 bits per heavy atom. The number of hydrogen-bond donors (Lipinski definition) is 1. The minimum Gasteiger partial charge on any atom is -0.507 e. The fourth-order valence-corrected chi connectivity index (χ4v) is 3.13. The predicted octanol–water partition coefficient (Wildman–Crippen LogP) is 3.65. The fraction of sp³-hybridized carbons (Fsp3) is 0.188. The van der Waals surface area contributed by atoms with Crippen molar-refractivity contribution in [3.05, 3.63) is 58.1 Å². The molecular formula is C16H15ClO3S. The normalized spacial score (nSPS) is 12.1. The van der Waals surface area contributed by atoms with Crippen molar-refractivity contribution >= 4 is 28.2 Å². The Hall–Kier alpha value is -1.65. The summed E-state index contributed by atoms with van der Waals surface area (Å²) in [5.74, 6) is -0.120. The summed E-state index contributed by atoms with van der Waals surface area (Å²) in [6.07, 6.45) is 0. The van der Waals surface area contributed by atoms with Gasteiger partial charge in [-0.05, 0) is 61.4 Å². The molecule has 2 rings (SSSR count). The molecule has 0 bridgehead atoms. The lowest BCUT2D eigenvalue weighted by Gasteiger charge is -2.07. The smallest absolute Gasteiger partial charge is 0.175 e. The highest BCUT2D eigenvalue weighted by Crippen LogP contribution is 2.23. The highest BCUT2D eigenvalue weighted by molar-refractivity contribution is 7.85. The zero-order valence-electron chi connectivity index (χ0n) is 11.7. The Labute approximate surface area is 131 Å². The van der Waals surface area contributed by atoms with Crippen LogP contribution in [0.2, 0.25) is 5.02 Å². The van der Waals surface area contributed by atoms with Gasteiger partial charge in [-0.15, -0.1) is 0 Å².